The number of nitrogens with zero attached hydrogens (tertiary/aromatic N) is 2. The van der Waals surface area contributed by atoms with Crippen LogP contribution in [0, 0.1) is 5.82 Å². The second-order valence-electron chi connectivity index (χ2n) is 7.31. The lowest BCUT2D eigenvalue weighted by Crippen LogP contribution is -2.24. The number of carbonyl (C=O) groups is 2. The van der Waals surface area contributed by atoms with Gasteiger partial charge in [-0.2, -0.15) is 5.10 Å². The molecule has 0 radical (unpaired) electrons. The third-order valence-corrected chi connectivity index (χ3v) is 5.02. The van der Waals surface area contributed by atoms with Crippen LogP contribution in [-0.2, 0) is 16.0 Å². The molecule has 11 heteroatoms. The van der Waals surface area contributed by atoms with Gasteiger partial charge in [0.2, 0.25) is 5.91 Å². The Balaban J connectivity index is 1.54. The van der Waals surface area contributed by atoms with Gasteiger partial charge in [0.25, 0.3) is 5.91 Å². The summed E-state index contributed by atoms with van der Waals surface area (Å²) in [5.41, 5.74) is 2.06. The van der Waals surface area contributed by atoms with Gasteiger partial charge >= 0.3 is 6.36 Å². The molecular weight excluding hydrogens is 444 g/mol. The van der Waals surface area contributed by atoms with Crippen molar-refractivity contribution in [2.45, 2.75) is 32.2 Å². The highest BCUT2D eigenvalue weighted by molar-refractivity contribution is 6.04. The average Bonchev–Trinajstić information content (AvgIpc) is 3.23. The van der Waals surface area contributed by atoms with E-state index < -0.39 is 35.8 Å². The standard InChI is InChI=1S/C22H18F4N4O3/c1-2-16-19(12-6-8-13(23)9-7-12)20-28-21(32)17(30(20)29-16)11-18(31)27-14-4-3-5-15(10-14)33-22(24,25)26/h3-10,17H,2,11H2,1H3,(H,27,31)(H,28,32). The molecule has 0 bridgehead atoms. The van der Waals surface area contributed by atoms with Crippen LogP contribution in [0.1, 0.15) is 25.1 Å². The SMILES string of the molecule is CCc1nn2c(c1-c1ccc(F)cc1)NC(=O)C2CC(=O)Nc1cccc(OC(F)(F)F)c1. The predicted molar refractivity (Wildman–Crippen MR) is 111 cm³/mol. The summed E-state index contributed by atoms with van der Waals surface area (Å²) in [6.07, 6.45) is -4.62. The number of fused-ring (bicyclic) bond motifs is 1. The summed E-state index contributed by atoms with van der Waals surface area (Å²) in [7, 11) is 0. The van der Waals surface area contributed by atoms with E-state index in [9.17, 15) is 27.2 Å². The maximum atomic E-state index is 13.3. The smallest absolute Gasteiger partial charge is 0.406 e. The van der Waals surface area contributed by atoms with Gasteiger partial charge in [0.1, 0.15) is 23.4 Å². The molecule has 1 aliphatic rings. The van der Waals surface area contributed by atoms with Crippen molar-refractivity contribution < 1.29 is 31.9 Å². The van der Waals surface area contributed by atoms with Crippen molar-refractivity contribution in [3.05, 3.63) is 60.0 Å². The molecule has 3 aromatic rings. The number of hydrogen-bond donors (Lipinski definition) is 2. The fraction of sp³-hybridized carbons (Fsp3) is 0.227. The molecule has 1 aromatic heterocycles. The zero-order valence-corrected chi connectivity index (χ0v) is 17.2. The monoisotopic (exact) mass is 462 g/mol. The molecule has 1 unspecified atom stereocenters. The molecule has 33 heavy (non-hydrogen) atoms. The normalized spacial score (nSPS) is 15.2. The summed E-state index contributed by atoms with van der Waals surface area (Å²) in [6.45, 7) is 1.88. The number of aryl methyl sites for hydroxylation is 1. The number of benzene rings is 2. The fourth-order valence-corrected chi connectivity index (χ4v) is 3.64. The summed E-state index contributed by atoms with van der Waals surface area (Å²) < 4.78 is 55.8. The molecule has 1 atom stereocenters. The quantitative estimate of drug-likeness (QED) is 0.522. The number of anilines is 2. The second kappa shape index (κ2) is 8.57. The Morgan fingerprint density at radius 2 is 1.94 bits per heavy atom. The van der Waals surface area contributed by atoms with Crippen molar-refractivity contribution in [2.24, 2.45) is 0 Å². The van der Waals surface area contributed by atoms with E-state index in [0.717, 1.165) is 12.1 Å². The van der Waals surface area contributed by atoms with Crippen molar-refractivity contribution in [1.29, 1.82) is 0 Å². The van der Waals surface area contributed by atoms with Crippen LogP contribution in [0.15, 0.2) is 48.5 Å². The number of rotatable bonds is 6. The Morgan fingerprint density at radius 3 is 2.61 bits per heavy atom. The molecule has 7 nitrogen and oxygen atoms in total. The first-order valence-corrected chi connectivity index (χ1v) is 9.98. The van der Waals surface area contributed by atoms with Crippen LogP contribution in [0.2, 0.25) is 0 Å². The van der Waals surface area contributed by atoms with E-state index >= 15 is 0 Å². The van der Waals surface area contributed by atoms with Gasteiger partial charge in [-0.1, -0.05) is 25.1 Å². The van der Waals surface area contributed by atoms with Crippen LogP contribution >= 0.6 is 0 Å². The molecule has 2 N–H and O–H groups in total. The number of halogens is 4. The maximum absolute atomic E-state index is 13.3. The van der Waals surface area contributed by atoms with E-state index in [4.69, 9.17) is 0 Å². The van der Waals surface area contributed by atoms with Gasteiger partial charge in [0, 0.05) is 17.3 Å². The lowest BCUT2D eigenvalue weighted by Gasteiger charge is -2.12. The van der Waals surface area contributed by atoms with Crippen LogP contribution in [0.5, 0.6) is 5.75 Å². The average molecular weight is 462 g/mol. The lowest BCUT2D eigenvalue weighted by atomic mass is 10.0. The van der Waals surface area contributed by atoms with Gasteiger partial charge in [-0.05, 0) is 36.2 Å². The molecular formula is C22H18F4N4O3. The Hall–Kier alpha value is -3.89. The van der Waals surface area contributed by atoms with Crippen LogP contribution in [0.4, 0.5) is 29.1 Å². The van der Waals surface area contributed by atoms with E-state index in [0.29, 0.717) is 29.1 Å². The van der Waals surface area contributed by atoms with Crippen molar-refractivity contribution in [2.75, 3.05) is 10.6 Å². The minimum atomic E-state index is -4.86. The third-order valence-electron chi connectivity index (χ3n) is 5.02. The lowest BCUT2D eigenvalue weighted by molar-refractivity contribution is -0.274. The highest BCUT2D eigenvalue weighted by Gasteiger charge is 2.37. The number of ether oxygens (including phenoxy) is 1. The van der Waals surface area contributed by atoms with E-state index in [1.165, 1.54) is 28.9 Å². The highest BCUT2D eigenvalue weighted by atomic mass is 19.4. The number of alkyl halides is 3. The van der Waals surface area contributed by atoms with Gasteiger partial charge in [-0.15, -0.1) is 13.2 Å². The molecule has 0 saturated carbocycles. The number of carbonyl (C=O) groups excluding carboxylic acids is 2. The Kier molecular flexibility index (Phi) is 5.79. The molecule has 0 saturated heterocycles. The molecule has 4 rings (SSSR count). The third kappa shape index (κ3) is 4.81. The topological polar surface area (TPSA) is 85.2 Å². The van der Waals surface area contributed by atoms with Crippen molar-refractivity contribution in [3.63, 3.8) is 0 Å². The summed E-state index contributed by atoms with van der Waals surface area (Å²) >= 11 is 0. The highest BCUT2D eigenvalue weighted by Crippen LogP contribution is 2.39. The molecule has 0 spiro atoms. The molecule has 1 aliphatic heterocycles. The summed E-state index contributed by atoms with van der Waals surface area (Å²) in [4.78, 5) is 25.1. The molecule has 2 amide bonds. The van der Waals surface area contributed by atoms with Crippen LogP contribution in [0.25, 0.3) is 11.1 Å². The minimum Gasteiger partial charge on any atom is -0.406 e. The molecule has 172 valence electrons. The molecule has 0 fully saturated rings. The van der Waals surface area contributed by atoms with E-state index in [1.54, 1.807) is 12.1 Å². The number of hydrogen-bond acceptors (Lipinski definition) is 4. The van der Waals surface area contributed by atoms with Crippen LogP contribution in [0.3, 0.4) is 0 Å². The molecule has 2 heterocycles. The summed E-state index contributed by atoms with van der Waals surface area (Å²) in [6, 6.07) is 9.64. The summed E-state index contributed by atoms with van der Waals surface area (Å²) in [5, 5.41) is 9.67. The summed E-state index contributed by atoms with van der Waals surface area (Å²) in [5.74, 6) is -1.52. The van der Waals surface area contributed by atoms with Crippen LogP contribution in [-0.4, -0.2) is 28.0 Å². The molecule has 2 aromatic carbocycles. The number of nitrogens with one attached hydrogen (secondary N) is 2. The van der Waals surface area contributed by atoms with E-state index in [1.807, 2.05) is 6.92 Å². The van der Waals surface area contributed by atoms with Crippen molar-refractivity contribution in [3.8, 4) is 16.9 Å². The fourth-order valence-electron chi connectivity index (χ4n) is 3.64. The van der Waals surface area contributed by atoms with E-state index in [-0.39, 0.29) is 12.1 Å². The number of aromatic nitrogens is 2. The first-order chi connectivity index (χ1) is 15.6. The Labute approximate surface area is 185 Å². The van der Waals surface area contributed by atoms with Crippen molar-refractivity contribution in [1.82, 2.24) is 9.78 Å². The van der Waals surface area contributed by atoms with Gasteiger partial charge in [0.15, 0.2) is 0 Å². The van der Waals surface area contributed by atoms with E-state index in [2.05, 4.69) is 20.5 Å². The largest absolute Gasteiger partial charge is 0.573 e. The van der Waals surface area contributed by atoms with Crippen LogP contribution < -0.4 is 15.4 Å². The van der Waals surface area contributed by atoms with Gasteiger partial charge in [-0.25, -0.2) is 9.07 Å². The van der Waals surface area contributed by atoms with Gasteiger partial charge in [0.05, 0.1) is 12.1 Å². The van der Waals surface area contributed by atoms with Gasteiger partial charge < -0.3 is 15.4 Å². The van der Waals surface area contributed by atoms with Gasteiger partial charge in [-0.3, -0.25) is 9.59 Å². The molecule has 0 aliphatic carbocycles. The minimum absolute atomic E-state index is 0.0853. The zero-order chi connectivity index (χ0) is 23.8. The second-order valence-corrected chi connectivity index (χ2v) is 7.31. The number of amides is 2. The maximum Gasteiger partial charge on any atom is 0.573 e. The predicted octanol–water partition coefficient (Wildman–Crippen LogP) is 4.67. The Morgan fingerprint density at radius 1 is 1.21 bits per heavy atom. The first kappa shape index (κ1) is 22.3. The zero-order valence-electron chi connectivity index (χ0n) is 17.2. The first-order valence-electron chi connectivity index (χ1n) is 9.98. The Bertz CT molecular complexity index is 1210. The van der Waals surface area contributed by atoms with Crippen molar-refractivity contribution >= 4 is 23.3 Å².